The van der Waals surface area contributed by atoms with Crippen LogP contribution in [0.2, 0.25) is 0 Å². The molecular weight excluding hydrogens is 324 g/mol. The molecule has 1 aliphatic carbocycles. The summed E-state index contributed by atoms with van der Waals surface area (Å²) in [5, 5.41) is 7.70. The molecule has 0 fully saturated rings. The summed E-state index contributed by atoms with van der Waals surface area (Å²) < 4.78 is 5.64. The largest absolute Gasteiger partial charge is 0.339 e. The minimum atomic E-state index is 0.479. The molecule has 3 heterocycles. The Balaban J connectivity index is 1.45. The van der Waals surface area contributed by atoms with E-state index in [9.17, 15) is 0 Å². The molecule has 2 aromatic heterocycles. The third-order valence-corrected chi connectivity index (χ3v) is 5.70. The lowest BCUT2D eigenvalue weighted by Gasteiger charge is -2.19. The molecule has 26 heavy (non-hydrogen) atoms. The predicted molar refractivity (Wildman–Crippen MR) is 98.9 cm³/mol. The van der Waals surface area contributed by atoms with Gasteiger partial charge in [-0.1, -0.05) is 29.4 Å². The Morgan fingerprint density at radius 2 is 2.12 bits per heavy atom. The van der Waals surface area contributed by atoms with E-state index < -0.39 is 0 Å². The molecule has 5 rings (SSSR count). The maximum atomic E-state index is 5.64. The Kier molecular flexibility index (Phi) is 3.82. The molecule has 1 aromatic carbocycles. The van der Waals surface area contributed by atoms with Crippen molar-refractivity contribution in [3.8, 4) is 11.4 Å². The zero-order chi connectivity index (χ0) is 17.5. The summed E-state index contributed by atoms with van der Waals surface area (Å²) in [5.41, 5.74) is 7.49. The van der Waals surface area contributed by atoms with Crippen molar-refractivity contribution in [2.45, 2.75) is 45.1 Å². The van der Waals surface area contributed by atoms with Gasteiger partial charge in [0.1, 0.15) is 0 Å². The first-order valence-corrected chi connectivity index (χ1v) is 9.38. The van der Waals surface area contributed by atoms with Gasteiger partial charge in [0.15, 0.2) is 0 Å². The van der Waals surface area contributed by atoms with Crippen LogP contribution in [-0.4, -0.2) is 21.7 Å². The molecule has 3 aromatic rings. The van der Waals surface area contributed by atoms with Gasteiger partial charge in [-0.3, -0.25) is 4.98 Å². The van der Waals surface area contributed by atoms with Gasteiger partial charge in [-0.2, -0.15) is 4.98 Å². The third kappa shape index (κ3) is 2.63. The molecule has 1 N–H and O–H groups in total. The quantitative estimate of drug-likeness (QED) is 0.788. The highest BCUT2D eigenvalue weighted by molar-refractivity contribution is 5.64. The Hall–Kier alpha value is -2.53. The number of rotatable bonds is 3. The second kappa shape index (κ2) is 6.32. The summed E-state index contributed by atoms with van der Waals surface area (Å²) in [6.45, 7) is 3.87. The number of nitrogens with one attached hydrogen (secondary N) is 1. The van der Waals surface area contributed by atoms with E-state index in [1.165, 1.54) is 22.3 Å². The molecule has 1 aliphatic heterocycles. The van der Waals surface area contributed by atoms with E-state index in [0.717, 1.165) is 55.9 Å². The summed E-state index contributed by atoms with van der Waals surface area (Å²) in [6, 6.07) is 8.71. The summed E-state index contributed by atoms with van der Waals surface area (Å²) in [7, 11) is 0. The smallest absolute Gasteiger partial charge is 0.227 e. The van der Waals surface area contributed by atoms with Crippen LogP contribution in [0.1, 0.15) is 46.2 Å². The van der Waals surface area contributed by atoms with Crippen LogP contribution in [0.5, 0.6) is 0 Å². The summed E-state index contributed by atoms with van der Waals surface area (Å²) in [4.78, 5) is 9.30. The lowest BCUT2D eigenvalue weighted by Crippen LogP contribution is -2.24. The molecule has 0 radical (unpaired) electrons. The molecule has 0 unspecified atom stereocenters. The fourth-order valence-corrected chi connectivity index (χ4v) is 4.37. The van der Waals surface area contributed by atoms with Gasteiger partial charge in [0.05, 0.1) is 0 Å². The van der Waals surface area contributed by atoms with E-state index in [1.807, 2.05) is 13.1 Å². The van der Waals surface area contributed by atoms with Crippen LogP contribution in [0.4, 0.5) is 0 Å². The Morgan fingerprint density at radius 3 is 3.08 bits per heavy atom. The molecule has 0 amide bonds. The maximum Gasteiger partial charge on any atom is 0.227 e. The van der Waals surface area contributed by atoms with Crippen molar-refractivity contribution < 1.29 is 4.52 Å². The van der Waals surface area contributed by atoms with Gasteiger partial charge in [-0.25, -0.2) is 0 Å². The minimum Gasteiger partial charge on any atom is -0.339 e. The van der Waals surface area contributed by atoms with Crippen molar-refractivity contribution in [1.82, 2.24) is 20.4 Å². The van der Waals surface area contributed by atoms with Gasteiger partial charge in [0.25, 0.3) is 0 Å². The zero-order valence-electron chi connectivity index (χ0n) is 15.0. The second-order valence-electron chi connectivity index (χ2n) is 7.30. The predicted octanol–water partition coefficient (Wildman–Crippen LogP) is 3.36. The number of aromatic nitrogens is 3. The van der Waals surface area contributed by atoms with E-state index in [4.69, 9.17) is 9.51 Å². The summed E-state index contributed by atoms with van der Waals surface area (Å²) >= 11 is 0. The van der Waals surface area contributed by atoms with Crippen LogP contribution in [0, 0.1) is 6.92 Å². The van der Waals surface area contributed by atoms with E-state index in [-0.39, 0.29) is 0 Å². The van der Waals surface area contributed by atoms with Crippen LogP contribution in [-0.2, 0) is 25.8 Å². The number of fused-ring (bicyclic) bond motifs is 2. The first kappa shape index (κ1) is 15.7. The molecule has 132 valence electrons. The van der Waals surface area contributed by atoms with Gasteiger partial charge in [0.2, 0.25) is 11.7 Å². The van der Waals surface area contributed by atoms with Crippen molar-refractivity contribution >= 4 is 0 Å². The molecule has 2 aliphatic rings. The van der Waals surface area contributed by atoms with Gasteiger partial charge in [-0.15, -0.1) is 0 Å². The number of pyridine rings is 1. The standard InChI is InChI=1S/C21H22N4O/c1-13-20(18-8-9-22-11-16(18)12-23-13)21-24-19(26-25-21)10-15-7-6-14-4-2-3-5-17(14)15/h2-5,12,15,22H,6-11H2,1H3/t15-/m0/s1. The van der Waals surface area contributed by atoms with Crippen molar-refractivity contribution in [1.29, 1.82) is 0 Å². The average molecular weight is 346 g/mol. The van der Waals surface area contributed by atoms with Crippen LogP contribution < -0.4 is 5.32 Å². The topological polar surface area (TPSA) is 63.8 Å². The highest BCUT2D eigenvalue weighted by Gasteiger charge is 2.26. The molecular formula is C21H22N4O. The van der Waals surface area contributed by atoms with Crippen LogP contribution in [0.15, 0.2) is 35.0 Å². The molecule has 0 saturated heterocycles. The van der Waals surface area contributed by atoms with Crippen molar-refractivity contribution in [2.24, 2.45) is 0 Å². The second-order valence-corrected chi connectivity index (χ2v) is 7.30. The number of benzene rings is 1. The molecule has 1 atom stereocenters. The van der Waals surface area contributed by atoms with Crippen molar-refractivity contribution in [3.05, 3.63) is 64.3 Å². The van der Waals surface area contributed by atoms with Gasteiger partial charge < -0.3 is 9.84 Å². The summed E-state index contributed by atoms with van der Waals surface area (Å²) in [5.74, 6) is 1.90. The van der Waals surface area contributed by atoms with Crippen LogP contribution >= 0.6 is 0 Å². The van der Waals surface area contributed by atoms with Crippen molar-refractivity contribution in [2.75, 3.05) is 6.54 Å². The third-order valence-electron chi connectivity index (χ3n) is 5.70. The number of aryl methyl sites for hydroxylation is 2. The van der Waals surface area contributed by atoms with E-state index in [2.05, 4.69) is 39.7 Å². The summed E-state index contributed by atoms with van der Waals surface area (Å²) in [6.07, 6.45) is 6.06. The zero-order valence-corrected chi connectivity index (χ0v) is 15.0. The monoisotopic (exact) mass is 346 g/mol. The van der Waals surface area contributed by atoms with Crippen LogP contribution in [0.3, 0.4) is 0 Å². The minimum absolute atomic E-state index is 0.479. The van der Waals surface area contributed by atoms with E-state index >= 15 is 0 Å². The fraction of sp³-hybridized carbons (Fsp3) is 0.381. The molecule has 5 heteroatoms. The van der Waals surface area contributed by atoms with Gasteiger partial charge in [-0.05, 0) is 60.9 Å². The van der Waals surface area contributed by atoms with Gasteiger partial charge >= 0.3 is 0 Å². The fourth-order valence-electron chi connectivity index (χ4n) is 4.37. The Labute approximate surface area is 152 Å². The number of hydrogen-bond donors (Lipinski definition) is 1. The molecule has 0 spiro atoms. The lowest BCUT2D eigenvalue weighted by molar-refractivity contribution is 0.369. The molecule has 0 bridgehead atoms. The SMILES string of the molecule is Cc1ncc2c(c1-c1noc(C[C@@H]3CCc4ccccc43)n1)CCNC2. The first-order valence-electron chi connectivity index (χ1n) is 9.38. The molecule has 0 saturated carbocycles. The van der Waals surface area contributed by atoms with E-state index in [1.54, 1.807) is 0 Å². The first-order chi connectivity index (χ1) is 12.8. The van der Waals surface area contributed by atoms with Crippen molar-refractivity contribution in [3.63, 3.8) is 0 Å². The average Bonchev–Trinajstić information content (AvgIpc) is 3.30. The highest BCUT2D eigenvalue weighted by atomic mass is 16.5. The van der Waals surface area contributed by atoms with Crippen LogP contribution in [0.25, 0.3) is 11.4 Å². The Bertz CT molecular complexity index is 962. The number of hydrogen-bond acceptors (Lipinski definition) is 5. The number of nitrogens with zero attached hydrogens (tertiary/aromatic N) is 3. The molecule has 5 nitrogen and oxygen atoms in total. The maximum absolute atomic E-state index is 5.64. The Morgan fingerprint density at radius 1 is 1.19 bits per heavy atom. The van der Waals surface area contributed by atoms with Gasteiger partial charge in [0, 0.05) is 30.4 Å². The van der Waals surface area contributed by atoms with E-state index in [0.29, 0.717) is 11.7 Å². The highest BCUT2D eigenvalue weighted by Crippen LogP contribution is 2.35. The lowest BCUT2D eigenvalue weighted by atomic mass is 9.95. The normalized spacial score (nSPS) is 18.6.